The van der Waals surface area contributed by atoms with Gasteiger partial charge in [-0.05, 0) is 22.0 Å². The smallest absolute Gasteiger partial charge is 0.107 e. The zero-order valence-corrected chi connectivity index (χ0v) is 11.6. The monoisotopic (exact) mass is 330 g/mol. The predicted molar refractivity (Wildman–Crippen MR) is 66.2 cm³/mol. The average molecular weight is 332 g/mol. The summed E-state index contributed by atoms with van der Waals surface area (Å²) >= 11 is 17.1. The third kappa shape index (κ3) is 2.87. The molecule has 6 heteroatoms. The molecule has 1 aliphatic rings. The van der Waals surface area contributed by atoms with E-state index in [-0.39, 0.29) is 11.5 Å². The molecule has 84 valence electrons. The van der Waals surface area contributed by atoms with E-state index >= 15 is 0 Å². The van der Waals surface area contributed by atoms with Gasteiger partial charge in [-0.2, -0.15) is 0 Å². The van der Waals surface area contributed by atoms with Gasteiger partial charge >= 0.3 is 0 Å². The van der Waals surface area contributed by atoms with Crippen molar-refractivity contribution in [3.63, 3.8) is 0 Å². The summed E-state index contributed by atoms with van der Waals surface area (Å²) in [5.74, 6) is 0. The summed E-state index contributed by atoms with van der Waals surface area (Å²) in [7, 11) is 0. The SMILES string of the molecule is Clc1sc(C(Cl)C2COCCO2)cc1Br. The Hall–Kier alpha value is 0.680. The summed E-state index contributed by atoms with van der Waals surface area (Å²) in [6.45, 7) is 1.80. The number of hydrogen-bond acceptors (Lipinski definition) is 3. The van der Waals surface area contributed by atoms with Crippen LogP contribution in [-0.2, 0) is 9.47 Å². The minimum Gasteiger partial charge on any atom is -0.376 e. The normalized spacial score (nSPS) is 24.1. The van der Waals surface area contributed by atoms with Crippen LogP contribution < -0.4 is 0 Å². The number of rotatable bonds is 2. The van der Waals surface area contributed by atoms with E-state index in [1.54, 1.807) is 0 Å². The highest BCUT2D eigenvalue weighted by Gasteiger charge is 2.26. The van der Waals surface area contributed by atoms with Crippen LogP contribution >= 0.6 is 50.5 Å². The molecule has 1 aliphatic heterocycles. The molecule has 15 heavy (non-hydrogen) atoms. The van der Waals surface area contributed by atoms with Crippen LogP contribution in [0.15, 0.2) is 10.5 Å². The van der Waals surface area contributed by atoms with Gasteiger partial charge in [0, 0.05) is 9.35 Å². The number of ether oxygens (including phenoxy) is 2. The van der Waals surface area contributed by atoms with Crippen LogP contribution in [0.4, 0.5) is 0 Å². The first-order valence-electron chi connectivity index (χ1n) is 4.46. The largest absolute Gasteiger partial charge is 0.376 e. The lowest BCUT2D eigenvalue weighted by molar-refractivity contribution is -0.0889. The Labute approximate surface area is 111 Å². The molecule has 0 bridgehead atoms. The van der Waals surface area contributed by atoms with Crippen LogP contribution in [0.5, 0.6) is 0 Å². The van der Waals surface area contributed by atoms with E-state index in [9.17, 15) is 0 Å². The summed E-state index contributed by atoms with van der Waals surface area (Å²) in [6, 6.07) is 1.93. The molecule has 2 heterocycles. The van der Waals surface area contributed by atoms with E-state index in [1.165, 1.54) is 11.3 Å². The van der Waals surface area contributed by atoms with E-state index in [1.807, 2.05) is 6.07 Å². The number of thiophene rings is 1. The maximum Gasteiger partial charge on any atom is 0.107 e. The van der Waals surface area contributed by atoms with Gasteiger partial charge in [0.2, 0.25) is 0 Å². The predicted octanol–water partition coefficient (Wildman–Crippen LogP) is 3.86. The number of alkyl halides is 1. The summed E-state index contributed by atoms with van der Waals surface area (Å²) in [6.07, 6.45) is -0.0815. The van der Waals surface area contributed by atoms with E-state index < -0.39 is 0 Å². The lowest BCUT2D eigenvalue weighted by Crippen LogP contribution is -2.31. The third-order valence-corrected chi connectivity index (χ3v) is 5.31. The van der Waals surface area contributed by atoms with Gasteiger partial charge in [-0.25, -0.2) is 0 Å². The lowest BCUT2D eigenvalue weighted by Gasteiger charge is -2.26. The molecule has 2 nitrogen and oxygen atoms in total. The molecule has 1 aromatic heterocycles. The fourth-order valence-corrected chi connectivity index (χ4v) is 3.47. The Bertz CT molecular complexity index is 319. The van der Waals surface area contributed by atoms with Crippen LogP contribution in [0.2, 0.25) is 4.34 Å². The topological polar surface area (TPSA) is 18.5 Å². The first-order chi connectivity index (χ1) is 7.18. The van der Waals surface area contributed by atoms with Crippen molar-refractivity contribution in [2.45, 2.75) is 11.5 Å². The molecular formula is C9H9BrCl2O2S. The van der Waals surface area contributed by atoms with Crippen molar-refractivity contribution in [3.8, 4) is 0 Å². The zero-order valence-electron chi connectivity index (χ0n) is 7.71. The lowest BCUT2D eigenvalue weighted by atomic mass is 10.2. The summed E-state index contributed by atoms with van der Waals surface area (Å²) in [4.78, 5) is 1.00. The standard InChI is InChI=1S/C9H9BrCl2O2S/c10-5-3-7(15-9(5)12)8(11)6-4-13-1-2-14-6/h3,6,8H,1-2,4H2. The van der Waals surface area contributed by atoms with Crippen molar-refractivity contribution < 1.29 is 9.47 Å². The van der Waals surface area contributed by atoms with Gasteiger partial charge in [0.1, 0.15) is 10.4 Å². The molecule has 0 aromatic carbocycles. The minimum absolute atomic E-state index is 0.0815. The second-order valence-electron chi connectivity index (χ2n) is 3.16. The fourth-order valence-electron chi connectivity index (χ4n) is 1.36. The first-order valence-corrected chi connectivity index (χ1v) is 6.89. The van der Waals surface area contributed by atoms with Crippen LogP contribution in [0.3, 0.4) is 0 Å². The average Bonchev–Trinajstić information content (AvgIpc) is 2.59. The highest BCUT2D eigenvalue weighted by molar-refractivity contribution is 9.10. The van der Waals surface area contributed by atoms with Gasteiger partial charge < -0.3 is 9.47 Å². The second kappa shape index (κ2) is 5.34. The van der Waals surface area contributed by atoms with E-state index in [0.29, 0.717) is 24.2 Å². The van der Waals surface area contributed by atoms with Crippen LogP contribution in [0, 0.1) is 0 Å². The summed E-state index contributed by atoms with van der Waals surface area (Å²) < 4.78 is 12.4. The molecule has 1 fully saturated rings. The van der Waals surface area contributed by atoms with Gasteiger partial charge in [0.25, 0.3) is 0 Å². The van der Waals surface area contributed by atoms with E-state index in [0.717, 1.165) is 9.35 Å². The Kier molecular flexibility index (Phi) is 4.32. The first kappa shape index (κ1) is 12.1. The highest BCUT2D eigenvalue weighted by Crippen LogP contribution is 2.39. The van der Waals surface area contributed by atoms with Crippen molar-refractivity contribution >= 4 is 50.5 Å². The molecule has 1 saturated heterocycles. The van der Waals surface area contributed by atoms with Gasteiger partial charge in [-0.15, -0.1) is 22.9 Å². The molecule has 2 unspecified atom stereocenters. The summed E-state index contributed by atoms with van der Waals surface area (Å²) in [5, 5.41) is -0.195. The molecule has 2 rings (SSSR count). The molecule has 0 radical (unpaired) electrons. The van der Waals surface area contributed by atoms with Gasteiger partial charge in [0.05, 0.1) is 25.2 Å². The number of hydrogen-bond donors (Lipinski definition) is 0. The maximum absolute atomic E-state index is 6.30. The van der Waals surface area contributed by atoms with E-state index in [2.05, 4.69) is 15.9 Å². The van der Waals surface area contributed by atoms with Crippen LogP contribution in [-0.4, -0.2) is 25.9 Å². The van der Waals surface area contributed by atoms with Gasteiger partial charge in [-0.3, -0.25) is 0 Å². The van der Waals surface area contributed by atoms with Crippen molar-refractivity contribution in [2.24, 2.45) is 0 Å². The van der Waals surface area contributed by atoms with Gasteiger partial charge in [0.15, 0.2) is 0 Å². The summed E-state index contributed by atoms with van der Waals surface area (Å²) in [5.41, 5.74) is 0. The van der Waals surface area contributed by atoms with Crippen LogP contribution in [0.25, 0.3) is 0 Å². The molecular weight excluding hydrogens is 323 g/mol. The Balaban J connectivity index is 2.08. The van der Waals surface area contributed by atoms with Crippen molar-refractivity contribution in [3.05, 3.63) is 19.8 Å². The van der Waals surface area contributed by atoms with Crippen molar-refractivity contribution in [2.75, 3.05) is 19.8 Å². The Morgan fingerprint density at radius 2 is 2.33 bits per heavy atom. The van der Waals surface area contributed by atoms with Gasteiger partial charge in [-0.1, -0.05) is 11.6 Å². The Morgan fingerprint density at radius 1 is 1.53 bits per heavy atom. The quantitative estimate of drug-likeness (QED) is 0.766. The molecule has 0 aliphatic carbocycles. The van der Waals surface area contributed by atoms with Crippen molar-refractivity contribution in [1.29, 1.82) is 0 Å². The zero-order chi connectivity index (χ0) is 10.8. The third-order valence-electron chi connectivity index (χ3n) is 2.10. The number of halogens is 3. The molecule has 1 aromatic rings. The fraction of sp³-hybridized carbons (Fsp3) is 0.556. The van der Waals surface area contributed by atoms with Crippen LogP contribution in [0.1, 0.15) is 10.3 Å². The molecule has 0 saturated carbocycles. The molecule has 0 amide bonds. The van der Waals surface area contributed by atoms with E-state index in [4.69, 9.17) is 32.7 Å². The molecule has 0 spiro atoms. The Morgan fingerprint density at radius 3 is 2.87 bits per heavy atom. The highest BCUT2D eigenvalue weighted by atomic mass is 79.9. The second-order valence-corrected chi connectivity index (χ2v) is 6.17. The maximum atomic E-state index is 6.30. The molecule has 0 N–H and O–H groups in total. The minimum atomic E-state index is -0.195. The van der Waals surface area contributed by atoms with Crippen molar-refractivity contribution in [1.82, 2.24) is 0 Å². The molecule has 2 atom stereocenters.